The van der Waals surface area contributed by atoms with Gasteiger partial charge >= 0.3 is 0 Å². The normalized spacial score (nSPS) is 12.1. The van der Waals surface area contributed by atoms with E-state index in [9.17, 15) is 18.0 Å². The van der Waals surface area contributed by atoms with Gasteiger partial charge < -0.3 is 15.0 Å². The van der Waals surface area contributed by atoms with Crippen molar-refractivity contribution in [2.75, 3.05) is 24.5 Å². The van der Waals surface area contributed by atoms with Gasteiger partial charge in [-0.1, -0.05) is 73.4 Å². The van der Waals surface area contributed by atoms with E-state index in [0.29, 0.717) is 22.2 Å². The van der Waals surface area contributed by atoms with E-state index in [1.807, 2.05) is 13.8 Å². The van der Waals surface area contributed by atoms with Gasteiger partial charge in [0.05, 0.1) is 17.7 Å². The molecule has 1 N–H and O–H groups in total. The number of halogens is 2. The highest BCUT2D eigenvalue weighted by Crippen LogP contribution is 2.32. The van der Waals surface area contributed by atoms with Crippen LogP contribution in [0.15, 0.2) is 77.7 Å². The lowest BCUT2D eigenvalue weighted by Crippen LogP contribution is -2.51. The maximum Gasteiger partial charge on any atom is 0.264 e. The molecule has 0 aliphatic rings. The van der Waals surface area contributed by atoms with Crippen molar-refractivity contribution < 1.29 is 22.7 Å². The van der Waals surface area contributed by atoms with Gasteiger partial charge in [-0.2, -0.15) is 0 Å². The number of hydrogen-bond acceptors (Lipinski definition) is 5. The van der Waals surface area contributed by atoms with E-state index >= 15 is 0 Å². The van der Waals surface area contributed by atoms with E-state index < -0.39 is 28.5 Å². The van der Waals surface area contributed by atoms with Crippen molar-refractivity contribution in [3.8, 4) is 5.75 Å². The molecule has 0 aromatic heterocycles. The molecule has 11 heteroatoms. The summed E-state index contributed by atoms with van der Waals surface area (Å²) in [5, 5.41) is 3.59. The lowest BCUT2D eigenvalue weighted by atomic mass is 10.1. The summed E-state index contributed by atoms with van der Waals surface area (Å²) < 4.78 is 34.2. The number of sulfonamides is 1. The largest absolute Gasteiger partial charge is 0.495 e. The van der Waals surface area contributed by atoms with Crippen molar-refractivity contribution in [2.24, 2.45) is 5.92 Å². The zero-order valence-corrected chi connectivity index (χ0v) is 25.1. The lowest BCUT2D eigenvalue weighted by molar-refractivity contribution is -0.139. The number of para-hydroxylation sites is 2. The average Bonchev–Trinajstić information content (AvgIpc) is 2.94. The minimum atomic E-state index is -4.21. The van der Waals surface area contributed by atoms with Crippen LogP contribution in [0.25, 0.3) is 0 Å². The van der Waals surface area contributed by atoms with Crippen molar-refractivity contribution in [3.05, 3.63) is 88.4 Å². The lowest BCUT2D eigenvalue weighted by Gasteiger charge is -2.32. The van der Waals surface area contributed by atoms with Crippen molar-refractivity contribution in [1.29, 1.82) is 0 Å². The standard InChI is InChI=1S/C29H33Cl2N3O5S/c1-20(2)17-32-29(36)21(3)33(18-22-14-15-23(30)16-25(22)31)28(35)19-34(26-12-8-9-13-27(26)39-4)40(37,38)24-10-6-5-7-11-24/h5-16,20-21H,17-19H2,1-4H3,(H,32,36)/t21-/m1/s1. The predicted molar refractivity (Wildman–Crippen MR) is 158 cm³/mol. The Hall–Kier alpha value is -3.27. The summed E-state index contributed by atoms with van der Waals surface area (Å²) in [4.78, 5) is 28.4. The summed E-state index contributed by atoms with van der Waals surface area (Å²) in [6, 6.07) is 18.3. The summed E-state index contributed by atoms with van der Waals surface area (Å²) in [7, 11) is -2.79. The molecule has 0 bridgehead atoms. The van der Waals surface area contributed by atoms with E-state index in [0.717, 1.165) is 4.31 Å². The molecule has 40 heavy (non-hydrogen) atoms. The second kappa shape index (κ2) is 13.9. The third kappa shape index (κ3) is 7.68. The minimum absolute atomic E-state index is 0.00345. The Bertz CT molecular complexity index is 1430. The highest BCUT2D eigenvalue weighted by Gasteiger charge is 2.34. The Morgan fingerprint density at radius 3 is 2.23 bits per heavy atom. The number of nitrogens with zero attached hydrogens (tertiary/aromatic N) is 2. The first-order valence-electron chi connectivity index (χ1n) is 12.7. The molecular weight excluding hydrogens is 573 g/mol. The summed E-state index contributed by atoms with van der Waals surface area (Å²) in [6.45, 7) is 5.29. The quantitative estimate of drug-likeness (QED) is 0.299. The topological polar surface area (TPSA) is 96.0 Å². The van der Waals surface area contributed by atoms with Gasteiger partial charge in [0, 0.05) is 23.1 Å². The summed E-state index contributed by atoms with van der Waals surface area (Å²) >= 11 is 12.5. The molecule has 0 aliphatic heterocycles. The van der Waals surface area contributed by atoms with Crippen LogP contribution in [0.3, 0.4) is 0 Å². The number of hydrogen-bond donors (Lipinski definition) is 1. The fraction of sp³-hybridized carbons (Fsp3) is 0.310. The van der Waals surface area contributed by atoms with E-state index in [1.165, 1.54) is 24.1 Å². The Kier molecular flexibility index (Phi) is 10.8. The number of nitrogens with one attached hydrogen (secondary N) is 1. The van der Waals surface area contributed by atoms with Crippen molar-refractivity contribution in [1.82, 2.24) is 10.2 Å². The SMILES string of the molecule is COc1ccccc1N(CC(=O)N(Cc1ccc(Cl)cc1Cl)[C@H](C)C(=O)NCC(C)C)S(=O)(=O)c1ccccc1. The predicted octanol–water partition coefficient (Wildman–Crippen LogP) is 5.39. The Balaban J connectivity index is 2.06. The van der Waals surface area contributed by atoms with Crippen molar-refractivity contribution >= 4 is 50.7 Å². The first-order valence-corrected chi connectivity index (χ1v) is 14.9. The van der Waals surface area contributed by atoms with E-state index in [4.69, 9.17) is 27.9 Å². The molecule has 3 rings (SSSR count). The fourth-order valence-corrected chi connectivity index (χ4v) is 5.85. The Morgan fingerprint density at radius 2 is 1.60 bits per heavy atom. The second-order valence-electron chi connectivity index (χ2n) is 9.57. The van der Waals surface area contributed by atoms with Crippen LogP contribution in [0, 0.1) is 5.92 Å². The molecule has 8 nitrogen and oxygen atoms in total. The monoisotopic (exact) mass is 605 g/mol. The zero-order chi connectivity index (χ0) is 29.4. The van der Waals surface area contributed by atoms with Crippen LogP contribution >= 0.6 is 23.2 Å². The highest BCUT2D eigenvalue weighted by atomic mass is 35.5. The molecule has 0 saturated heterocycles. The van der Waals surface area contributed by atoms with Crippen LogP contribution in [0.5, 0.6) is 5.75 Å². The summed E-state index contributed by atoms with van der Waals surface area (Å²) in [6.07, 6.45) is 0. The van der Waals surface area contributed by atoms with E-state index in [2.05, 4.69) is 5.32 Å². The number of anilines is 1. The second-order valence-corrected chi connectivity index (χ2v) is 12.3. The maximum absolute atomic E-state index is 14.0. The van der Waals surface area contributed by atoms with Crippen molar-refractivity contribution in [2.45, 2.75) is 38.3 Å². The highest BCUT2D eigenvalue weighted by molar-refractivity contribution is 7.92. The first-order chi connectivity index (χ1) is 18.9. The Labute approximate surface area is 245 Å². The third-order valence-electron chi connectivity index (χ3n) is 6.17. The van der Waals surface area contributed by atoms with Gasteiger partial charge in [0.2, 0.25) is 11.8 Å². The molecular formula is C29H33Cl2N3O5S. The van der Waals surface area contributed by atoms with Gasteiger partial charge in [-0.3, -0.25) is 13.9 Å². The molecule has 1 atom stereocenters. The zero-order valence-electron chi connectivity index (χ0n) is 22.8. The van der Waals surface area contributed by atoms with Gasteiger partial charge in [0.15, 0.2) is 0 Å². The molecule has 214 valence electrons. The molecule has 0 unspecified atom stereocenters. The van der Waals surface area contributed by atoms with Gasteiger partial charge in [-0.15, -0.1) is 0 Å². The van der Waals surface area contributed by atoms with E-state index in [-0.39, 0.29) is 34.7 Å². The van der Waals surface area contributed by atoms with Crippen LogP contribution in [0.1, 0.15) is 26.3 Å². The van der Waals surface area contributed by atoms with Crippen LogP contribution in [-0.2, 0) is 26.2 Å². The molecule has 0 saturated carbocycles. The summed E-state index contributed by atoms with van der Waals surface area (Å²) in [5.41, 5.74) is 0.737. The number of methoxy groups -OCH3 is 1. The van der Waals surface area contributed by atoms with Gasteiger partial charge in [0.25, 0.3) is 10.0 Å². The molecule has 0 radical (unpaired) electrons. The number of carbonyl (C=O) groups is 2. The smallest absolute Gasteiger partial charge is 0.264 e. The molecule has 0 fully saturated rings. The maximum atomic E-state index is 14.0. The molecule has 0 spiro atoms. The minimum Gasteiger partial charge on any atom is -0.495 e. The molecule has 2 amide bonds. The van der Waals surface area contributed by atoms with Crippen LogP contribution in [0.4, 0.5) is 5.69 Å². The van der Waals surface area contributed by atoms with Crippen LogP contribution < -0.4 is 14.4 Å². The summed E-state index contributed by atoms with van der Waals surface area (Å²) in [5.74, 6) is -0.515. The van der Waals surface area contributed by atoms with Gasteiger partial charge in [-0.05, 0) is 54.8 Å². The number of carbonyl (C=O) groups excluding carboxylic acids is 2. The van der Waals surface area contributed by atoms with Crippen LogP contribution in [0.2, 0.25) is 10.0 Å². The fourth-order valence-electron chi connectivity index (χ4n) is 3.94. The molecule has 0 aliphatic carbocycles. The average molecular weight is 607 g/mol. The van der Waals surface area contributed by atoms with E-state index in [1.54, 1.807) is 67.6 Å². The van der Waals surface area contributed by atoms with Gasteiger partial charge in [-0.25, -0.2) is 8.42 Å². The third-order valence-corrected chi connectivity index (χ3v) is 8.53. The number of rotatable bonds is 12. The molecule has 3 aromatic rings. The number of amides is 2. The van der Waals surface area contributed by atoms with Crippen LogP contribution in [-0.4, -0.2) is 51.4 Å². The van der Waals surface area contributed by atoms with Gasteiger partial charge in [0.1, 0.15) is 18.3 Å². The molecule has 0 heterocycles. The molecule has 3 aromatic carbocycles. The van der Waals surface area contributed by atoms with Crippen molar-refractivity contribution in [3.63, 3.8) is 0 Å². The Morgan fingerprint density at radius 1 is 0.950 bits per heavy atom. The first kappa shape index (κ1) is 31.3. The number of benzene rings is 3. The number of ether oxygens (including phenoxy) is 1.